The van der Waals surface area contributed by atoms with E-state index in [1.807, 2.05) is 0 Å². The minimum Gasteiger partial charge on any atom is -0.369 e. The van der Waals surface area contributed by atoms with Crippen LogP contribution in [0.25, 0.3) is 0 Å². The molecule has 0 aromatic heterocycles. The maximum atomic E-state index is 10.6. The molecule has 1 saturated heterocycles. The van der Waals surface area contributed by atoms with Crippen LogP contribution in [0.4, 0.5) is 0 Å². The topological polar surface area (TPSA) is 72.3 Å². The maximum absolute atomic E-state index is 10.6. The third-order valence-electron chi connectivity index (χ3n) is 2.32. The zero-order chi connectivity index (χ0) is 8.97. The van der Waals surface area contributed by atoms with Gasteiger partial charge in [0.05, 0.1) is 6.54 Å². The third-order valence-corrected chi connectivity index (χ3v) is 2.32. The van der Waals surface area contributed by atoms with Crippen molar-refractivity contribution in [3.8, 4) is 0 Å². The van der Waals surface area contributed by atoms with Gasteiger partial charge in [-0.25, -0.2) is 0 Å². The summed E-state index contributed by atoms with van der Waals surface area (Å²) in [7, 11) is 0. The van der Waals surface area contributed by atoms with E-state index in [1.165, 1.54) is 0 Å². The van der Waals surface area contributed by atoms with Gasteiger partial charge in [0, 0.05) is 6.54 Å². The number of likely N-dealkylation sites (tertiary alicyclic amines) is 1. The average molecular weight is 171 g/mol. The van der Waals surface area contributed by atoms with Crippen LogP contribution in [0, 0.1) is 5.92 Å². The van der Waals surface area contributed by atoms with Crippen molar-refractivity contribution in [2.75, 3.05) is 26.2 Å². The second-order valence-electron chi connectivity index (χ2n) is 3.43. The van der Waals surface area contributed by atoms with Crippen LogP contribution in [0.5, 0.6) is 0 Å². The maximum Gasteiger partial charge on any atom is 0.231 e. The number of nitrogens with two attached hydrogens (primary N) is 2. The molecule has 1 aliphatic rings. The Morgan fingerprint density at radius 3 is 2.92 bits per heavy atom. The Hall–Kier alpha value is -0.610. The smallest absolute Gasteiger partial charge is 0.231 e. The predicted molar refractivity (Wildman–Crippen MR) is 47.4 cm³/mol. The van der Waals surface area contributed by atoms with E-state index in [0.717, 1.165) is 32.5 Å². The Balaban J connectivity index is 2.21. The van der Waals surface area contributed by atoms with Gasteiger partial charge in [0.25, 0.3) is 0 Å². The highest BCUT2D eigenvalue weighted by molar-refractivity contribution is 5.75. The number of amides is 1. The van der Waals surface area contributed by atoms with Gasteiger partial charge >= 0.3 is 0 Å². The van der Waals surface area contributed by atoms with Crippen molar-refractivity contribution >= 4 is 5.91 Å². The first kappa shape index (κ1) is 9.48. The van der Waals surface area contributed by atoms with Crippen molar-refractivity contribution in [3.05, 3.63) is 0 Å². The van der Waals surface area contributed by atoms with E-state index in [1.54, 1.807) is 0 Å². The number of nitrogens with zero attached hydrogens (tertiary/aromatic N) is 1. The van der Waals surface area contributed by atoms with Gasteiger partial charge in [-0.15, -0.1) is 0 Å². The van der Waals surface area contributed by atoms with Crippen molar-refractivity contribution in [2.45, 2.75) is 12.8 Å². The second kappa shape index (κ2) is 4.42. The molecule has 0 spiro atoms. The van der Waals surface area contributed by atoms with Crippen LogP contribution in [0.15, 0.2) is 0 Å². The van der Waals surface area contributed by atoms with Crippen molar-refractivity contribution in [1.29, 1.82) is 0 Å². The molecular formula is C8H17N3O. The molecule has 4 N–H and O–H groups in total. The van der Waals surface area contributed by atoms with Crippen molar-refractivity contribution < 1.29 is 4.79 Å². The molecule has 1 unspecified atom stereocenters. The Labute approximate surface area is 72.9 Å². The summed E-state index contributed by atoms with van der Waals surface area (Å²) in [5, 5.41) is 0. The van der Waals surface area contributed by atoms with Crippen LogP contribution in [0.2, 0.25) is 0 Å². The highest BCUT2D eigenvalue weighted by Gasteiger charge is 2.22. The molecule has 1 atom stereocenters. The normalized spacial score (nSPS) is 24.6. The number of rotatable bonds is 4. The van der Waals surface area contributed by atoms with Gasteiger partial charge in [-0.3, -0.25) is 9.69 Å². The first-order valence-electron chi connectivity index (χ1n) is 4.43. The number of carbonyl (C=O) groups is 1. The van der Waals surface area contributed by atoms with Crippen LogP contribution in [0.3, 0.4) is 0 Å². The summed E-state index contributed by atoms with van der Waals surface area (Å²) in [6, 6.07) is 0. The highest BCUT2D eigenvalue weighted by Crippen LogP contribution is 2.17. The van der Waals surface area contributed by atoms with Gasteiger partial charge in [0.15, 0.2) is 0 Å². The molecular weight excluding hydrogens is 154 g/mol. The van der Waals surface area contributed by atoms with E-state index >= 15 is 0 Å². The summed E-state index contributed by atoms with van der Waals surface area (Å²) >= 11 is 0. The molecule has 70 valence electrons. The molecule has 1 amide bonds. The standard InChI is InChI=1S/C8H17N3O/c9-3-1-7-2-4-11(5-7)6-8(10)12/h7H,1-6,9H2,(H2,10,12). The summed E-state index contributed by atoms with van der Waals surface area (Å²) in [5.74, 6) is 0.442. The van der Waals surface area contributed by atoms with Crippen molar-refractivity contribution in [2.24, 2.45) is 17.4 Å². The third kappa shape index (κ3) is 2.79. The monoisotopic (exact) mass is 171 g/mol. The molecule has 1 fully saturated rings. The van der Waals surface area contributed by atoms with Crippen molar-refractivity contribution in [3.63, 3.8) is 0 Å². The quantitative estimate of drug-likeness (QED) is 0.578. The molecule has 12 heavy (non-hydrogen) atoms. The molecule has 0 saturated carbocycles. The Morgan fingerprint density at radius 2 is 2.33 bits per heavy atom. The lowest BCUT2D eigenvalue weighted by Gasteiger charge is -2.12. The fourth-order valence-electron chi connectivity index (χ4n) is 1.75. The average Bonchev–Trinajstić information content (AvgIpc) is 2.36. The molecule has 0 aromatic rings. The van der Waals surface area contributed by atoms with Crippen molar-refractivity contribution in [1.82, 2.24) is 4.90 Å². The van der Waals surface area contributed by atoms with Gasteiger partial charge in [-0.05, 0) is 31.8 Å². The van der Waals surface area contributed by atoms with Crippen LogP contribution < -0.4 is 11.5 Å². The highest BCUT2D eigenvalue weighted by atomic mass is 16.1. The van der Waals surface area contributed by atoms with Crippen LogP contribution in [-0.2, 0) is 4.79 Å². The molecule has 1 aliphatic heterocycles. The van der Waals surface area contributed by atoms with E-state index < -0.39 is 0 Å². The number of primary amides is 1. The number of carbonyl (C=O) groups excluding carboxylic acids is 1. The van der Waals surface area contributed by atoms with Gasteiger partial charge in [0.1, 0.15) is 0 Å². The predicted octanol–water partition coefficient (Wildman–Crippen LogP) is -0.858. The minimum absolute atomic E-state index is 0.233. The Morgan fingerprint density at radius 1 is 1.58 bits per heavy atom. The van der Waals surface area contributed by atoms with Crippen LogP contribution in [-0.4, -0.2) is 37.0 Å². The molecule has 1 heterocycles. The molecule has 1 rings (SSSR count). The summed E-state index contributed by atoms with van der Waals surface area (Å²) in [6.07, 6.45) is 2.22. The van der Waals surface area contributed by atoms with Crippen LogP contribution >= 0.6 is 0 Å². The zero-order valence-corrected chi connectivity index (χ0v) is 7.33. The summed E-state index contributed by atoms with van der Waals surface area (Å²) in [5.41, 5.74) is 10.5. The van der Waals surface area contributed by atoms with E-state index in [9.17, 15) is 4.79 Å². The first-order valence-corrected chi connectivity index (χ1v) is 4.43. The minimum atomic E-state index is -0.233. The van der Waals surface area contributed by atoms with Gasteiger partial charge in [-0.2, -0.15) is 0 Å². The molecule has 0 bridgehead atoms. The largest absolute Gasteiger partial charge is 0.369 e. The number of hydrogen-bond acceptors (Lipinski definition) is 3. The SMILES string of the molecule is NCCC1CCN(CC(N)=O)C1. The zero-order valence-electron chi connectivity index (χ0n) is 7.33. The fraction of sp³-hybridized carbons (Fsp3) is 0.875. The molecule has 4 nitrogen and oxygen atoms in total. The Kier molecular flexibility index (Phi) is 3.49. The van der Waals surface area contributed by atoms with E-state index in [0.29, 0.717) is 12.5 Å². The number of hydrogen-bond donors (Lipinski definition) is 2. The van der Waals surface area contributed by atoms with E-state index in [-0.39, 0.29) is 5.91 Å². The van der Waals surface area contributed by atoms with E-state index in [4.69, 9.17) is 11.5 Å². The molecule has 0 radical (unpaired) electrons. The van der Waals surface area contributed by atoms with E-state index in [2.05, 4.69) is 4.90 Å². The Bertz CT molecular complexity index is 160. The summed E-state index contributed by atoms with van der Waals surface area (Å²) in [6.45, 7) is 3.13. The molecule has 0 aromatic carbocycles. The molecule has 0 aliphatic carbocycles. The first-order chi connectivity index (χ1) is 5.72. The lowest BCUT2D eigenvalue weighted by atomic mass is 10.1. The lowest BCUT2D eigenvalue weighted by molar-refractivity contribution is -0.118. The summed E-state index contributed by atoms with van der Waals surface area (Å²) in [4.78, 5) is 12.7. The fourth-order valence-corrected chi connectivity index (χ4v) is 1.75. The van der Waals surface area contributed by atoms with Gasteiger partial charge < -0.3 is 11.5 Å². The lowest BCUT2D eigenvalue weighted by Crippen LogP contribution is -2.32. The van der Waals surface area contributed by atoms with Crippen LogP contribution in [0.1, 0.15) is 12.8 Å². The molecule has 4 heteroatoms. The van der Waals surface area contributed by atoms with Gasteiger partial charge in [-0.1, -0.05) is 0 Å². The summed E-state index contributed by atoms with van der Waals surface area (Å²) < 4.78 is 0. The second-order valence-corrected chi connectivity index (χ2v) is 3.43. The van der Waals surface area contributed by atoms with Gasteiger partial charge in [0.2, 0.25) is 5.91 Å².